The fourth-order valence-electron chi connectivity index (χ4n) is 1.90. The number of hydrogen-bond acceptors (Lipinski definition) is 4. The number of carbonyl (C=O) groups excluding carboxylic acids is 1. The van der Waals surface area contributed by atoms with E-state index in [2.05, 4.69) is 27.8 Å². The van der Waals surface area contributed by atoms with Crippen LogP contribution in [0.1, 0.15) is 24.8 Å². The highest BCUT2D eigenvalue weighted by atomic mass is 79.9. The van der Waals surface area contributed by atoms with Crippen LogP contribution >= 0.6 is 15.9 Å². The van der Waals surface area contributed by atoms with E-state index in [0.29, 0.717) is 29.5 Å². The number of halogens is 1. The summed E-state index contributed by atoms with van der Waals surface area (Å²) in [7, 11) is 0. The number of phenols is 1. The van der Waals surface area contributed by atoms with Crippen LogP contribution in [-0.2, 0) is 11.2 Å². The molecular formula is C15H22BrN3O2. The van der Waals surface area contributed by atoms with Crippen LogP contribution in [0.15, 0.2) is 29.3 Å². The number of rotatable bonds is 8. The predicted molar refractivity (Wildman–Crippen MR) is 89.2 cm³/mol. The third kappa shape index (κ3) is 5.49. The second kappa shape index (κ2) is 8.81. The lowest BCUT2D eigenvalue weighted by Crippen LogP contribution is -2.35. The predicted octanol–water partition coefficient (Wildman–Crippen LogP) is 2.28. The largest absolute Gasteiger partial charge is 0.505 e. The summed E-state index contributed by atoms with van der Waals surface area (Å²) in [5, 5.41) is 12.7. The summed E-state index contributed by atoms with van der Waals surface area (Å²) in [6, 6.07) is 2.89. The lowest BCUT2D eigenvalue weighted by Gasteiger charge is -2.14. The van der Waals surface area contributed by atoms with Gasteiger partial charge in [0.05, 0.1) is 16.2 Å². The average Bonchev–Trinajstić information content (AvgIpc) is 2.44. The number of nitrogens with two attached hydrogens (primary N) is 2. The number of anilines is 1. The van der Waals surface area contributed by atoms with Crippen molar-refractivity contribution in [2.45, 2.75) is 31.7 Å². The fourth-order valence-corrected chi connectivity index (χ4v) is 2.41. The third-order valence-electron chi connectivity index (χ3n) is 3.07. The van der Waals surface area contributed by atoms with Crippen molar-refractivity contribution < 1.29 is 9.90 Å². The molecule has 116 valence electrons. The van der Waals surface area contributed by atoms with E-state index in [0.717, 1.165) is 18.4 Å². The maximum absolute atomic E-state index is 12.0. The molecule has 1 rings (SSSR count). The minimum atomic E-state index is -0.613. The van der Waals surface area contributed by atoms with Gasteiger partial charge in [-0.1, -0.05) is 12.5 Å². The molecule has 0 radical (unpaired) electrons. The molecule has 6 heteroatoms. The molecule has 0 spiro atoms. The SMILES string of the molecule is C=CCc1cc(Br)c(O)c(NC(=O)C(N)CCCCN)c1. The number of carbonyl (C=O) groups is 1. The Morgan fingerprint density at radius 2 is 2.19 bits per heavy atom. The number of aromatic hydroxyl groups is 1. The summed E-state index contributed by atoms with van der Waals surface area (Å²) < 4.78 is 0.522. The Kier molecular flexibility index (Phi) is 7.42. The number of phenolic OH excluding ortho intramolecular Hbond substituents is 1. The van der Waals surface area contributed by atoms with Crippen LogP contribution < -0.4 is 16.8 Å². The Bertz CT molecular complexity index is 506. The highest BCUT2D eigenvalue weighted by Gasteiger charge is 2.16. The van der Waals surface area contributed by atoms with E-state index >= 15 is 0 Å². The van der Waals surface area contributed by atoms with E-state index in [9.17, 15) is 9.90 Å². The Morgan fingerprint density at radius 1 is 1.48 bits per heavy atom. The second-order valence-electron chi connectivity index (χ2n) is 4.85. The van der Waals surface area contributed by atoms with Gasteiger partial charge < -0.3 is 21.9 Å². The topological polar surface area (TPSA) is 101 Å². The molecule has 6 N–H and O–H groups in total. The van der Waals surface area contributed by atoms with E-state index in [1.54, 1.807) is 18.2 Å². The van der Waals surface area contributed by atoms with Gasteiger partial charge in [-0.2, -0.15) is 0 Å². The zero-order valence-electron chi connectivity index (χ0n) is 11.9. The molecule has 0 aliphatic carbocycles. The Morgan fingerprint density at radius 3 is 2.81 bits per heavy atom. The first-order valence-electron chi connectivity index (χ1n) is 6.88. The molecule has 0 aliphatic heterocycles. The fraction of sp³-hybridized carbons (Fsp3) is 0.400. The standard InChI is InChI=1S/C15H22BrN3O2/c1-2-5-10-8-11(16)14(20)13(9-10)19-15(21)12(18)6-3-4-7-17/h2,8-9,12,20H,1,3-7,17-18H2,(H,19,21). The quantitative estimate of drug-likeness (QED) is 0.326. The van der Waals surface area contributed by atoms with Crippen LogP contribution in [0.4, 0.5) is 5.69 Å². The molecule has 0 bridgehead atoms. The number of benzene rings is 1. The molecule has 1 unspecified atom stereocenters. The van der Waals surface area contributed by atoms with Gasteiger partial charge in [-0.3, -0.25) is 4.79 Å². The van der Waals surface area contributed by atoms with Gasteiger partial charge in [0.2, 0.25) is 5.91 Å². The molecule has 0 fully saturated rings. The number of unbranched alkanes of at least 4 members (excludes halogenated alkanes) is 1. The lowest BCUT2D eigenvalue weighted by molar-refractivity contribution is -0.117. The van der Waals surface area contributed by atoms with Gasteiger partial charge in [-0.05, 0) is 59.4 Å². The smallest absolute Gasteiger partial charge is 0.241 e. The van der Waals surface area contributed by atoms with Gasteiger partial charge in [0.25, 0.3) is 0 Å². The normalized spacial score (nSPS) is 12.0. The van der Waals surface area contributed by atoms with Gasteiger partial charge in [-0.15, -0.1) is 6.58 Å². The number of allylic oxidation sites excluding steroid dienone is 1. The summed E-state index contributed by atoms with van der Waals surface area (Å²) in [4.78, 5) is 12.0. The number of amides is 1. The Balaban J connectivity index is 2.76. The summed E-state index contributed by atoms with van der Waals surface area (Å²) in [5.41, 5.74) is 12.5. The average molecular weight is 356 g/mol. The van der Waals surface area contributed by atoms with Gasteiger partial charge in [-0.25, -0.2) is 0 Å². The maximum atomic E-state index is 12.0. The summed E-state index contributed by atoms with van der Waals surface area (Å²) in [5.74, 6) is -0.324. The van der Waals surface area contributed by atoms with Gasteiger partial charge in [0, 0.05) is 0 Å². The van der Waals surface area contributed by atoms with Crippen molar-refractivity contribution in [2.75, 3.05) is 11.9 Å². The molecule has 5 nitrogen and oxygen atoms in total. The van der Waals surface area contributed by atoms with Crippen molar-refractivity contribution >= 4 is 27.5 Å². The molecule has 0 heterocycles. The van der Waals surface area contributed by atoms with Crippen LogP contribution in [0.3, 0.4) is 0 Å². The van der Waals surface area contributed by atoms with Crippen molar-refractivity contribution in [1.29, 1.82) is 0 Å². The highest BCUT2D eigenvalue weighted by Crippen LogP contribution is 2.34. The number of hydrogen-bond donors (Lipinski definition) is 4. The summed E-state index contributed by atoms with van der Waals surface area (Å²) in [6.45, 7) is 4.26. The first-order chi connectivity index (χ1) is 9.99. The second-order valence-corrected chi connectivity index (χ2v) is 5.70. The van der Waals surface area contributed by atoms with Crippen LogP contribution in [0.25, 0.3) is 0 Å². The van der Waals surface area contributed by atoms with Crippen LogP contribution in [-0.4, -0.2) is 23.6 Å². The van der Waals surface area contributed by atoms with Gasteiger partial charge >= 0.3 is 0 Å². The molecule has 0 aliphatic rings. The van der Waals surface area contributed by atoms with E-state index in [-0.39, 0.29) is 11.7 Å². The lowest BCUT2D eigenvalue weighted by atomic mass is 10.1. The molecule has 1 amide bonds. The minimum Gasteiger partial charge on any atom is -0.505 e. The molecule has 1 aromatic rings. The molecule has 0 aromatic heterocycles. The zero-order valence-corrected chi connectivity index (χ0v) is 13.5. The van der Waals surface area contributed by atoms with Crippen molar-refractivity contribution in [3.63, 3.8) is 0 Å². The Hall–Kier alpha value is -1.37. The van der Waals surface area contributed by atoms with Crippen molar-refractivity contribution in [3.05, 3.63) is 34.8 Å². The van der Waals surface area contributed by atoms with Crippen LogP contribution in [0.5, 0.6) is 5.75 Å². The van der Waals surface area contributed by atoms with Gasteiger partial charge in [0.1, 0.15) is 0 Å². The molecule has 1 aromatic carbocycles. The first-order valence-corrected chi connectivity index (χ1v) is 7.67. The summed E-state index contributed by atoms with van der Waals surface area (Å²) >= 11 is 3.26. The molecule has 0 saturated heterocycles. The monoisotopic (exact) mass is 355 g/mol. The van der Waals surface area contributed by atoms with Crippen LogP contribution in [0, 0.1) is 0 Å². The zero-order chi connectivity index (χ0) is 15.8. The Labute approximate surface area is 133 Å². The van der Waals surface area contributed by atoms with Crippen molar-refractivity contribution in [1.82, 2.24) is 0 Å². The van der Waals surface area contributed by atoms with E-state index in [4.69, 9.17) is 11.5 Å². The summed E-state index contributed by atoms with van der Waals surface area (Å²) in [6.07, 6.45) is 4.61. The first kappa shape index (κ1) is 17.7. The van der Waals surface area contributed by atoms with E-state index in [1.165, 1.54) is 0 Å². The minimum absolute atomic E-state index is 0.00896. The molecule has 1 atom stereocenters. The molecular weight excluding hydrogens is 334 g/mol. The van der Waals surface area contributed by atoms with Crippen molar-refractivity contribution in [2.24, 2.45) is 11.5 Å². The van der Waals surface area contributed by atoms with E-state index < -0.39 is 6.04 Å². The third-order valence-corrected chi connectivity index (χ3v) is 3.67. The van der Waals surface area contributed by atoms with Crippen LogP contribution in [0.2, 0.25) is 0 Å². The highest BCUT2D eigenvalue weighted by molar-refractivity contribution is 9.10. The van der Waals surface area contributed by atoms with Crippen molar-refractivity contribution in [3.8, 4) is 5.75 Å². The number of nitrogens with one attached hydrogen (secondary N) is 1. The maximum Gasteiger partial charge on any atom is 0.241 e. The van der Waals surface area contributed by atoms with Gasteiger partial charge in [0.15, 0.2) is 5.75 Å². The molecule has 21 heavy (non-hydrogen) atoms. The van der Waals surface area contributed by atoms with E-state index in [1.807, 2.05) is 0 Å². The molecule has 0 saturated carbocycles.